The number of hydrogen-bond donors (Lipinski definition) is 1. The Balaban J connectivity index is 1.94. The maximum atomic E-state index is 13.0. The van der Waals surface area contributed by atoms with Crippen LogP contribution in [0.2, 0.25) is 0 Å². The number of nitrogens with one attached hydrogen (secondary N) is 1. The van der Waals surface area contributed by atoms with Gasteiger partial charge in [-0.1, -0.05) is 6.07 Å². The predicted octanol–water partition coefficient (Wildman–Crippen LogP) is 2.36. The minimum Gasteiger partial charge on any atom is -0.311 e. The first-order valence-corrected chi connectivity index (χ1v) is 6.78. The van der Waals surface area contributed by atoms with Crippen molar-refractivity contribution in [3.8, 4) is 0 Å². The van der Waals surface area contributed by atoms with Gasteiger partial charge in [0.2, 0.25) is 0 Å². The molecule has 1 aliphatic heterocycles. The van der Waals surface area contributed by atoms with E-state index in [4.69, 9.17) is 0 Å². The van der Waals surface area contributed by atoms with Crippen molar-refractivity contribution in [2.75, 3.05) is 19.6 Å². The SMILES string of the molecule is Cc1cc(F)ccc1CCN1CC(C)NCC1C. The smallest absolute Gasteiger partial charge is 0.123 e. The van der Waals surface area contributed by atoms with Crippen molar-refractivity contribution < 1.29 is 4.39 Å². The van der Waals surface area contributed by atoms with E-state index in [1.807, 2.05) is 13.0 Å². The van der Waals surface area contributed by atoms with E-state index in [0.717, 1.165) is 31.6 Å². The maximum absolute atomic E-state index is 13.0. The summed E-state index contributed by atoms with van der Waals surface area (Å²) in [5.41, 5.74) is 2.32. The summed E-state index contributed by atoms with van der Waals surface area (Å²) in [5.74, 6) is -0.139. The summed E-state index contributed by atoms with van der Waals surface area (Å²) in [6, 6.07) is 6.25. The van der Waals surface area contributed by atoms with Gasteiger partial charge in [0.25, 0.3) is 0 Å². The summed E-state index contributed by atoms with van der Waals surface area (Å²) >= 11 is 0. The number of hydrogen-bond acceptors (Lipinski definition) is 2. The molecule has 0 bridgehead atoms. The highest BCUT2D eigenvalue weighted by Crippen LogP contribution is 2.13. The van der Waals surface area contributed by atoms with Crippen molar-refractivity contribution in [3.63, 3.8) is 0 Å². The van der Waals surface area contributed by atoms with Gasteiger partial charge in [0.1, 0.15) is 5.82 Å². The lowest BCUT2D eigenvalue weighted by Gasteiger charge is -2.37. The Hall–Kier alpha value is -0.930. The molecule has 1 aliphatic rings. The standard InChI is InChI=1S/C15H23FN2/c1-11-8-15(16)5-4-14(11)6-7-18-10-12(2)17-9-13(18)3/h4-5,8,12-13,17H,6-7,9-10H2,1-3H3. The monoisotopic (exact) mass is 250 g/mol. The molecule has 1 aromatic rings. The molecule has 0 spiro atoms. The Morgan fingerprint density at radius 3 is 2.89 bits per heavy atom. The fourth-order valence-corrected chi connectivity index (χ4v) is 2.61. The maximum Gasteiger partial charge on any atom is 0.123 e. The molecule has 18 heavy (non-hydrogen) atoms. The third kappa shape index (κ3) is 3.30. The van der Waals surface area contributed by atoms with E-state index in [1.54, 1.807) is 12.1 Å². The van der Waals surface area contributed by atoms with E-state index in [1.165, 1.54) is 5.56 Å². The van der Waals surface area contributed by atoms with Crippen LogP contribution >= 0.6 is 0 Å². The molecule has 3 heteroatoms. The molecule has 0 amide bonds. The van der Waals surface area contributed by atoms with Crippen LogP contribution in [0, 0.1) is 12.7 Å². The lowest BCUT2D eigenvalue weighted by molar-refractivity contribution is 0.148. The second-order valence-corrected chi connectivity index (χ2v) is 5.47. The first-order valence-electron chi connectivity index (χ1n) is 6.78. The minimum absolute atomic E-state index is 0.139. The van der Waals surface area contributed by atoms with Crippen LogP contribution < -0.4 is 5.32 Å². The lowest BCUT2D eigenvalue weighted by Crippen LogP contribution is -2.54. The Morgan fingerprint density at radius 1 is 1.39 bits per heavy atom. The molecule has 0 radical (unpaired) electrons. The Bertz CT molecular complexity index is 405. The molecule has 0 aliphatic carbocycles. The van der Waals surface area contributed by atoms with E-state index >= 15 is 0 Å². The summed E-state index contributed by atoms with van der Waals surface area (Å²) in [6.45, 7) is 9.69. The van der Waals surface area contributed by atoms with Gasteiger partial charge in [-0.3, -0.25) is 4.90 Å². The number of benzene rings is 1. The van der Waals surface area contributed by atoms with E-state index in [-0.39, 0.29) is 5.82 Å². The van der Waals surface area contributed by atoms with E-state index in [9.17, 15) is 4.39 Å². The zero-order valence-electron chi connectivity index (χ0n) is 11.5. The highest BCUT2D eigenvalue weighted by Gasteiger charge is 2.21. The molecule has 1 saturated heterocycles. The number of aryl methyl sites for hydroxylation is 1. The molecule has 0 saturated carbocycles. The Kier molecular flexibility index (Phi) is 4.36. The molecule has 2 unspecified atom stereocenters. The second kappa shape index (κ2) is 5.81. The number of rotatable bonds is 3. The van der Waals surface area contributed by atoms with Gasteiger partial charge in [-0.2, -0.15) is 0 Å². The molecular weight excluding hydrogens is 227 g/mol. The first kappa shape index (κ1) is 13.5. The fraction of sp³-hybridized carbons (Fsp3) is 0.600. The molecule has 0 aromatic heterocycles. The summed E-state index contributed by atoms with van der Waals surface area (Å²) in [7, 11) is 0. The van der Waals surface area contributed by atoms with Gasteiger partial charge in [-0.05, 0) is 50.5 Å². The van der Waals surface area contributed by atoms with Gasteiger partial charge in [0.15, 0.2) is 0 Å². The summed E-state index contributed by atoms with van der Waals surface area (Å²) in [5, 5.41) is 3.49. The Morgan fingerprint density at radius 2 is 2.17 bits per heavy atom. The fourth-order valence-electron chi connectivity index (χ4n) is 2.61. The zero-order valence-corrected chi connectivity index (χ0v) is 11.5. The number of piperazine rings is 1. The van der Waals surface area contributed by atoms with Gasteiger partial charge in [-0.15, -0.1) is 0 Å². The highest BCUT2D eigenvalue weighted by molar-refractivity contribution is 5.26. The zero-order chi connectivity index (χ0) is 13.1. The van der Waals surface area contributed by atoms with Crippen molar-refractivity contribution in [3.05, 3.63) is 35.1 Å². The number of halogens is 1. The van der Waals surface area contributed by atoms with Gasteiger partial charge < -0.3 is 5.32 Å². The van der Waals surface area contributed by atoms with Crippen molar-refractivity contribution in [1.29, 1.82) is 0 Å². The average molecular weight is 250 g/mol. The van der Waals surface area contributed by atoms with E-state index < -0.39 is 0 Å². The molecule has 2 rings (SSSR count). The predicted molar refractivity (Wildman–Crippen MR) is 73.3 cm³/mol. The number of nitrogens with zero attached hydrogens (tertiary/aromatic N) is 1. The summed E-state index contributed by atoms with van der Waals surface area (Å²) < 4.78 is 13.0. The molecular formula is C15H23FN2. The highest BCUT2D eigenvalue weighted by atomic mass is 19.1. The molecule has 1 fully saturated rings. The van der Waals surface area contributed by atoms with Crippen LogP contribution in [0.25, 0.3) is 0 Å². The van der Waals surface area contributed by atoms with Crippen LogP contribution in [0.5, 0.6) is 0 Å². The first-order chi connectivity index (χ1) is 8.56. The van der Waals surface area contributed by atoms with Crippen LogP contribution in [0.15, 0.2) is 18.2 Å². The minimum atomic E-state index is -0.139. The van der Waals surface area contributed by atoms with Crippen LogP contribution in [-0.2, 0) is 6.42 Å². The van der Waals surface area contributed by atoms with Crippen LogP contribution in [0.1, 0.15) is 25.0 Å². The van der Waals surface area contributed by atoms with Crippen molar-refractivity contribution >= 4 is 0 Å². The van der Waals surface area contributed by atoms with Crippen LogP contribution in [0.3, 0.4) is 0 Å². The van der Waals surface area contributed by atoms with Crippen LogP contribution in [0.4, 0.5) is 4.39 Å². The summed E-state index contributed by atoms with van der Waals surface area (Å²) in [4.78, 5) is 2.52. The molecule has 100 valence electrons. The molecule has 1 heterocycles. The summed E-state index contributed by atoms with van der Waals surface area (Å²) in [6.07, 6.45) is 1.00. The van der Waals surface area contributed by atoms with Crippen molar-refractivity contribution in [1.82, 2.24) is 10.2 Å². The topological polar surface area (TPSA) is 15.3 Å². The van der Waals surface area contributed by atoms with Gasteiger partial charge in [0, 0.05) is 31.7 Å². The average Bonchev–Trinajstić information content (AvgIpc) is 2.32. The van der Waals surface area contributed by atoms with Gasteiger partial charge in [-0.25, -0.2) is 4.39 Å². The quantitative estimate of drug-likeness (QED) is 0.886. The van der Waals surface area contributed by atoms with Gasteiger partial charge >= 0.3 is 0 Å². The van der Waals surface area contributed by atoms with E-state index in [0.29, 0.717) is 12.1 Å². The molecule has 1 aromatic carbocycles. The van der Waals surface area contributed by atoms with Crippen LogP contribution in [-0.4, -0.2) is 36.6 Å². The van der Waals surface area contributed by atoms with Gasteiger partial charge in [0.05, 0.1) is 0 Å². The normalized spacial score (nSPS) is 25.3. The van der Waals surface area contributed by atoms with Crippen molar-refractivity contribution in [2.45, 2.75) is 39.3 Å². The third-order valence-electron chi connectivity index (χ3n) is 3.87. The lowest BCUT2D eigenvalue weighted by atomic mass is 10.0. The van der Waals surface area contributed by atoms with E-state index in [2.05, 4.69) is 24.1 Å². The Labute approximate surface area is 109 Å². The molecule has 1 N–H and O–H groups in total. The molecule has 2 nitrogen and oxygen atoms in total. The third-order valence-corrected chi connectivity index (χ3v) is 3.87. The molecule has 2 atom stereocenters. The second-order valence-electron chi connectivity index (χ2n) is 5.47. The largest absolute Gasteiger partial charge is 0.311 e. The van der Waals surface area contributed by atoms with Crippen molar-refractivity contribution in [2.24, 2.45) is 0 Å².